The van der Waals surface area contributed by atoms with Crippen LogP contribution in [0.2, 0.25) is 0 Å². The Labute approximate surface area is 114 Å². The maximum absolute atomic E-state index is 9.47. The molecule has 0 aliphatic carbocycles. The van der Waals surface area contributed by atoms with E-state index in [4.69, 9.17) is 0 Å². The quantitative estimate of drug-likeness (QED) is 0.619. The molecule has 2 aromatic heterocycles. The summed E-state index contributed by atoms with van der Waals surface area (Å²) in [5, 5.41) is 18.9. The Morgan fingerprint density at radius 2 is 1.24 bits per heavy atom. The second-order valence-corrected chi connectivity index (χ2v) is 2.74. The van der Waals surface area contributed by atoms with Crippen molar-refractivity contribution >= 4 is 9.69 Å². The van der Waals surface area contributed by atoms with Gasteiger partial charge in [0.25, 0.3) is 0 Å². The van der Waals surface area contributed by atoms with E-state index in [1.807, 2.05) is 17.3 Å². The van der Waals surface area contributed by atoms with Crippen molar-refractivity contribution in [3.63, 3.8) is 0 Å². The second-order valence-electron chi connectivity index (χ2n) is 2.74. The van der Waals surface area contributed by atoms with E-state index in [0.717, 1.165) is 0 Å². The number of hydrogen-bond donors (Lipinski definition) is 2. The fraction of sp³-hybridized carbons (Fsp3) is 0. The van der Waals surface area contributed by atoms with Gasteiger partial charge in [0.05, 0.1) is 0 Å². The number of hydrogen-bond acceptors (Lipinski definition) is 4. The Balaban J connectivity index is 0.000000811. The molecule has 0 saturated carbocycles. The molecule has 0 atom stereocenters. The third-order valence-electron chi connectivity index (χ3n) is 1.80. The molecule has 2 rings (SSSR count). The number of halogens is 1. The molecule has 92 valence electrons. The van der Waals surface area contributed by atoms with Gasteiger partial charge in [-0.1, -0.05) is 0 Å². The minimum absolute atomic E-state index is 0. The molecule has 0 unspecified atom stereocenters. The summed E-state index contributed by atoms with van der Waals surface area (Å²) in [5.74, 6) is 0.00278. The zero-order valence-corrected chi connectivity index (χ0v) is 11.5. The van der Waals surface area contributed by atoms with Crippen molar-refractivity contribution in [3.05, 3.63) is 44.1 Å². The molecule has 0 aliphatic heterocycles. The van der Waals surface area contributed by atoms with Crippen molar-refractivity contribution in [2.24, 2.45) is 0 Å². The van der Waals surface area contributed by atoms with Crippen molar-refractivity contribution in [2.45, 2.75) is 0 Å². The Hall–Kier alpha value is -1.19. The van der Waals surface area contributed by atoms with Crippen LogP contribution in [0.1, 0.15) is 0 Å². The van der Waals surface area contributed by atoms with Crippen LogP contribution in [0.4, 0.5) is 0 Å². The van der Waals surface area contributed by atoms with E-state index in [1.165, 1.54) is 24.5 Å². The molecule has 2 heterocycles. The van der Waals surface area contributed by atoms with Crippen LogP contribution in [0.25, 0.3) is 11.4 Å². The average Bonchev–Trinajstić information content (AvgIpc) is 2.34. The molecule has 0 spiro atoms. The topological polar surface area (TPSA) is 66.2 Å². The van der Waals surface area contributed by atoms with Crippen LogP contribution in [0.3, 0.4) is 0 Å². The van der Waals surface area contributed by atoms with Gasteiger partial charge in [-0.05, 0) is 24.3 Å². The van der Waals surface area contributed by atoms with E-state index in [2.05, 4.69) is 19.7 Å². The number of aromatic nitrogens is 2. The Kier molecular flexibility index (Phi) is 7.43. The van der Waals surface area contributed by atoms with Gasteiger partial charge >= 0.3 is 27.0 Å². The summed E-state index contributed by atoms with van der Waals surface area (Å²) in [6.07, 6.45) is 3.06. The first-order valence-corrected chi connectivity index (χ1v) is 6.44. The van der Waals surface area contributed by atoms with Gasteiger partial charge in [-0.25, -0.2) is 0 Å². The van der Waals surface area contributed by atoms with Crippen molar-refractivity contribution in [3.8, 4) is 22.9 Å². The van der Waals surface area contributed by atoms with Gasteiger partial charge in [0.1, 0.15) is 22.9 Å². The summed E-state index contributed by atoms with van der Waals surface area (Å²) < 4.78 is 0. The SMILES string of the molecule is Oc1cccnc1-c1ncccc1O.[CH3-].[Cl][Ru+]. The predicted octanol–water partition coefficient (Wildman–Crippen LogP) is 2.69. The molecule has 2 N–H and O–H groups in total. The van der Waals surface area contributed by atoms with E-state index >= 15 is 0 Å². The van der Waals surface area contributed by atoms with Crippen LogP contribution in [0.5, 0.6) is 11.5 Å². The number of rotatable bonds is 1. The molecule has 0 bridgehead atoms. The van der Waals surface area contributed by atoms with E-state index in [1.54, 1.807) is 12.1 Å². The molecular weight excluding hydrogens is 329 g/mol. The molecular formula is C11H11ClN2O2Ru. The van der Waals surface area contributed by atoms with Gasteiger partial charge in [-0.3, -0.25) is 9.97 Å². The summed E-state index contributed by atoms with van der Waals surface area (Å²) in [6.45, 7) is 0. The number of nitrogens with zero attached hydrogens (tertiary/aromatic N) is 2. The van der Waals surface area contributed by atoms with Gasteiger partial charge in [0, 0.05) is 12.4 Å². The fourth-order valence-electron chi connectivity index (χ4n) is 1.16. The molecule has 17 heavy (non-hydrogen) atoms. The van der Waals surface area contributed by atoms with Crippen LogP contribution < -0.4 is 0 Å². The molecule has 2 aromatic rings. The normalized spacial score (nSPS) is 8.59. The Morgan fingerprint density at radius 1 is 0.882 bits per heavy atom. The monoisotopic (exact) mass is 340 g/mol. The molecule has 0 saturated heterocycles. The molecule has 0 amide bonds. The first-order chi connectivity index (χ1) is 7.79. The van der Waals surface area contributed by atoms with Crippen LogP contribution in [0.15, 0.2) is 36.7 Å². The molecule has 0 aromatic carbocycles. The number of aromatic hydroxyl groups is 2. The zero-order chi connectivity index (χ0) is 12.0. The maximum atomic E-state index is 9.47. The van der Waals surface area contributed by atoms with Gasteiger partial charge in [-0.15, -0.1) is 0 Å². The van der Waals surface area contributed by atoms with E-state index in [0.29, 0.717) is 0 Å². The first-order valence-electron chi connectivity index (χ1n) is 4.21. The minimum atomic E-state index is 0. The van der Waals surface area contributed by atoms with E-state index in [-0.39, 0.29) is 30.3 Å². The van der Waals surface area contributed by atoms with Crippen LogP contribution in [-0.2, 0) is 17.3 Å². The van der Waals surface area contributed by atoms with E-state index in [9.17, 15) is 10.2 Å². The summed E-state index contributed by atoms with van der Waals surface area (Å²) in [4.78, 5) is 7.87. The zero-order valence-electron chi connectivity index (χ0n) is 8.98. The average molecular weight is 340 g/mol. The molecule has 0 fully saturated rings. The summed E-state index contributed by atoms with van der Waals surface area (Å²) >= 11 is 1.82. The van der Waals surface area contributed by atoms with Gasteiger partial charge in [-0.2, -0.15) is 0 Å². The van der Waals surface area contributed by atoms with Gasteiger partial charge < -0.3 is 17.6 Å². The summed E-state index contributed by atoms with van der Waals surface area (Å²) in [7, 11) is 4.57. The van der Waals surface area contributed by atoms with Crippen LogP contribution in [0, 0.1) is 7.43 Å². The second kappa shape index (κ2) is 7.99. The fourth-order valence-corrected chi connectivity index (χ4v) is 1.16. The molecule has 0 radical (unpaired) electrons. The molecule has 4 nitrogen and oxygen atoms in total. The van der Waals surface area contributed by atoms with Crippen molar-refractivity contribution in [1.29, 1.82) is 0 Å². The standard InChI is InChI=1S/C10H8N2O2.CH3.ClH.Ru/c13-7-3-1-5-11-9(7)10-8(14)4-2-6-12-10;;;/h1-6,13-14H;1H3;1H;/q;-1;;+2/p-1. The Bertz CT molecular complexity index is 425. The van der Waals surface area contributed by atoms with Crippen molar-refractivity contribution in [1.82, 2.24) is 9.97 Å². The van der Waals surface area contributed by atoms with Crippen LogP contribution in [-0.4, -0.2) is 20.2 Å². The van der Waals surface area contributed by atoms with Crippen molar-refractivity contribution in [2.75, 3.05) is 0 Å². The molecule has 0 aliphatic rings. The summed E-state index contributed by atoms with van der Waals surface area (Å²) in [6, 6.07) is 6.21. The number of pyridine rings is 2. The van der Waals surface area contributed by atoms with Gasteiger partial charge in [0.15, 0.2) is 0 Å². The predicted molar refractivity (Wildman–Crippen MR) is 63.1 cm³/mol. The first kappa shape index (κ1) is 15.8. The van der Waals surface area contributed by atoms with E-state index < -0.39 is 0 Å². The Morgan fingerprint density at radius 3 is 1.53 bits per heavy atom. The van der Waals surface area contributed by atoms with Gasteiger partial charge in [0.2, 0.25) is 0 Å². The van der Waals surface area contributed by atoms with Crippen molar-refractivity contribution < 1.29 is 27.5 Å². The summed E-state index contributed by atoms with van der Waals surface area (Å²) in [5.41, 5.74) is 0.566. The third-order valence-corrected chi connectivity index (χ3v) is 1.80. The molecule has 6 heteroatoms. The third kappa shape index (κ3) is 3.95. The van der Waals surface area contributed by atoms with Crippen LogP contribution >= 0.6 is 9.69 Å².